The minimum atomic E-state index is 0.126. The van der Waals surface area contributed by atoms with Crippen LogP contribution in [0, 0.1) is 0 Å². The third-order valence-electron chi connectivity index (χ3n) is 3.62. The summed E-state index contributed by atoms with van der Waals surface area (Å²) in [5.74, 6) is 0.737. The predicted molar refractivity (Wildman–Crippen MR) is 78.5 cm³/mol. The highest BCUT2D eigenvalue weighted by molar-refractivity contribution is 6.30. The summed E-state index contributed by atoms with van der Waals surface area (Å²) in [7, 11) is 0. The summed E-state index contributed by atoms with van der Waals surface area (Å²) in [5.41, 5.74) is 1.33. The third-order valence-corrected chi connectivity index (χ3v) is 3.85. The van der Waals surface area contributed by atoms with Gasteiger partial charge in [-0.15, -0.1) is 0 Å². The summed E-state index contributed by atoms with van der Waals surface area (Å²) in [6, 6.07) is 8.65. The van der Waals surface area contributed by atoms with E-state index in [1.54, 1.807) is 0 Å². The van der Waals surface area contributed by atoms with Gasteiger partial charge >= 0.3 is 0 Å². The fourth-order valence-corrected chi connectivity index (χ4v) is 2.69. The standard InChI is InChI=1S/C15H21ClN2O/c1-2-17-15(19)6-7-18-14-9-12(10-14)11-4-3-5-13(16)8-11/h3-5,8,12,14,18H,2,6-7,9-10H2,1H3,(H,17,19). The molecule has 0 atom stereocenters. The van der Waals surface area contributed by atoms with Gasteiger partial charge in [0.2, 0.25) is 5.91 Å². The van der Waals surface area contributed by atoms with Gasteiger partial charge in [-0.1, -0.05) is 23.7 Å². The number of hydrogen-bond acceptors (Lipinski definition) is 2. The van der Waals surface area contributed by atoms with E-state index < -0.39 is 0 Å². The Hall–Kier alpha value is -1.06. The van der Waals surface area contributed by atoms with E-state index in [-0.39, 0.29) is 5.91 Å². The first-order chi connectivity index (χ1) is 9.19. The van der Waals surface area contributed by atoms with Crippen molar-refractivity contribution in [3.8, 4) is 0 Å². The highest BCUT2D eigenvalue weighted by Crippen LogP contribution is 2.37. The molecule has 1 fully saturated rings. The molecule has 1 aliphatic rings. The summed E-state index contributed by atoms with van der Waals surface area (Å²) < 4.78 is 0. The number of carbonyl (C=O) groups is 1. The SMILES string of the molecule is CCNC(=O)CCNC1CC(c2cccc(Cl)c2)C1. The van der Waals surface area contributed by atoms with Crippen molar-refractivity contribution >= 4 is 17.5 Å². The number of hydrogen-bond donors (Lipinski definition) is 2. The number of amides is 1. The Morgan fingerprint density at radius 3 is 2.89 bits per heavy atom. The summed E-state index contributed by atoms with van der Waals surface area (Å²) >= 11 is 5.99. The van der Waals surface area contributed by atoms with Gasteiger partial charge in [-0.2, -0.15) is 0 Å². The fraction of sp³-hybridized carbons (Fsp3) is 0.533. The maximum Gasteiger partial charge on any atom is 0.221 e. The highest BCUT2D eigenvalue weighted by atomic mass is 35.5. The average Bonchev–Trinajstić information content (AvgIpc) is 2.32. The van der Waals surface area contributed by atoms with Crippen LogP contribution in [0.25, 0.3) is 0 Å². The second-order valence-corrected chi connectivity index (χ2v) is 5.51. The summed E-state index contributed by atoms with van der Waals surface area (Å²) in [5, 5.41) is 7.04. The van der Waals surface area contributed by atoms with Crippen molar-refractivity contribution in [1.82, 2.24) is 10.6 Å². The zero-order valence-corrected chi connectivity index (χ0v) is 12.0. The van der Waals surface area contributed by atoms with Crippen LogP contribution in [0.1, 0.15) is 37.7 Å². The van der Waals surface area contributed by atoms with Crippen molar-refractivity contribution in [3.05, 3.63) is 34.9 Å². The van der Waals surface area contributed by atoms with E-state index in [2.05, 4.69) is 22.8 Å². The maximum absolute atomic E-state index is 11.3. The number of benzene rings is 1. The molecule has 0 aliphatic heterocycles. The number of rotatable bonds is 6. The van der Waals surface area contributed by atoms with Crippen molar-refractivity contribution in [1.29, 1.82) is 0 Å². The fourth-order valence-electron chi connectivity index (χ4n) is 2.49. The molecule has 2 N–H and O–H groups in total. The Morgan fingerprint density at radius 2 is 2.21 bits per heavy atom. The van der Waals surface area contributed by atoms with E-state index in [0.717, 1.165) is 24.4 Å². The van der Waals surface area contributed by atoms with Gasteiger partial charge in [0.05, 0.1) is 0 Å². The van der Waals surface area contributed by atoms with Crippen LogP contribution < -0.4 is 10.6 Å². The first-order valence-electron chi connectivity index (χ1n) is 6.94. The summed E-state index contributed by atoms with van der Waals surface area (Å²) in [6.45, 7) is 3.41. The lowest BCUT2D eigenvalue weighted by atomic mass is 9.76. The molecule has 0 spiro atoms. The zero-order valence-electron chi connectivity index (χ0n) is 11.3. The van der Waals surface area contributed by atoms with Crippen molar-refractivity contribution in [2.75, 3.05) is 13.1 Å². The highest BCUT2D eigenvalue weighted by Gasteiger charge is 2.29. The Morgan fingerprint density at radius 1 is 1.42 bits per heavy atom. The van der Waals surface area contributed by atoms with Crippen LogP contribution in [-0.4, -0.2) is 25.0 Å². The molecule has 1 aromatic carbocycles. The molecule has 0 unspecified atom stereocenters. The van der Waals surface area contributed by atoms with Gasteiger partial charge in [-0.25, -0.2) is 0 Å². The first-order valence-corrected chi connectivity index (χ1v) is 7.32. The molecule has 19 heavy (non-hydrogen) atoms. The van der Waals surface area contributed by atoms with Gasteiger partial charge in [-0.05, 0) is 43.4 Å². The Bertz CT molecular complexity index is 430. The van der Waals surface area contributed by atoms with Crippen LogP contribution >= 0.6 is 11.6 Å². The number of carbonyl (C=O) groups excluding carboxylic acids is 1. The quantitative estimate of drug-likeness (QED) is 0.841. The van der Waals surface area contributed by atoms with E-state index in [0.29, 0.717) is 24.9 Å². The second-order valence-electron chi connectivity index (χ2n) is 5.08. The summed E-state index contributed by atoms with van der Waals surface area (Å²) in [6.07, 6.45) is 2.83. The lowest BCUT2D eigenvalue weighted by Gasteiger charge is -2.36. The third kappa shape index (κ3) is 4.22. The average molecular weight is 281 g/mol. The molecule has 0 radical (unpaired) electrons. The molecule has 2 rings (SSSR count). The van der Waals surface area contributed by atoms with Crippen LogP contribution in [0.4, 0.5) is 0 Å². The molecule has 1 aromatic rings. The molecule has 3 nitrogen and oxygen atoms in total. The molecule has 0 saturated heterocycles. The van der Waals surface area contributed by atoms with E-state index in [4.69, 9.17) is 11.6 Å². The largest absolute Gasteiger partial charge is 0.356 e. The monoisotopic (exact) mass is 280 g/mol. The topological polar surface area (TPSA) is 41.1 Å². The van der Waals surface area contributed by atoms with E-state index in [1.807, 2.05) is 19.1 Å². The van der Waals surface area contributed by atoms with Crippen LogP contribution in [0.5, 0.6) is 0 Å². The minimum Gasteiger partial charge on any atom is -0.356 e. The van der Waals surface area contributed by atoms with E-state index >= 15 is 0 Å². The van der Waals surface area contributed by atoms with Crippen molar-refractivity contribution in [2.24, 2.45) is 0 Å². The molecule has 104 valence electrons. The molecule has 1 amide bonds. The van der Waals surface area contributed by atoms with Crippen LogP contribution in [0.2, 0.25) is 5.02 Å². The zero-order chi connectivity index (χ0) is 13.7. The maximum atomic E-state index is 11.3. The molecule has 4 heteroatoms. The van der Waals surface area contributed by atoms with Gasteiger partial charge in [0, 0.05) is 30.6 Å². The van der Waals surface area contributed by atoms with Crippen molar-refractivity contribution < 1.29 is 4.79 Å². The molecular weight excluding hydrogens is 260 g/mol. The Kier molecular flexibility index (Phi) is 5.23. The van der Waals surface area contributed by atoms with Crippen LogP contribution in [-0.2, 0) is 4.79 Å². The summed E-state index contributed by atoms with van der Waals surface area (Å²) in [4.78, 5) is 11.3. The predicted octanol–water partition coefficient (Wildman–Crippen LogP) is 2.70. The van der Waals surface area contributed by atoms with Crippen molar-refractivity contribution in [2.45, 2.75) is 38.1 Å². The van der Waals surface area contributed by atoms with Gasteiger partial charge in [-0.3, -0.25) is 4.79 Å². The lowest BCUT2D eigenvalue weighted by molar-refractivity contribution is -0.120. The first kappa shape index (κ1) is 14.4. The van der Waals surface area contributed by atoms with Gasteiger partial charge in [0.1, 0.15) is 0 Å². The van der Waals surface area contributed by atoms with Gasteiger partial charge in [0.15, 0.2) is 0 Å². The Balaban J connectivity index is 1.65. The smallest absolute Gasteiger partial charge is 0.221 e. The minimum absolute atomic E-state index is 0.126. The van der Waals surface area contributed by atoms with Crippen molar-refractivity contribution in [3.63, 3.8) is 0 Å². The van der Waals surface area contributed by atoms with Gasteiger partial charge in [0.25, 0.3) is 0 Å². The Labute approximate surface area is 119 Å². The van der Waals surface area contributed by atoms with E-state index in [1.165, 1.54) is 5.56 Å². The molecule has 1 aliphatic carbocycles. The molecule has 0 bridgehead atoms. The van der Waals surface area contributed by atoms with Crippen LogP contribution in [0.3, 0.4) is 0 Å². The number of nitrogens with one attached hydrogen (secondary N) is 2. The number of halogens is 1. The normalized spacial score (nSPS) is 21.8. The van der Waals surface area contributed by atoms with Crippen LogP contribution in [0.15, 0.2) is 24.3 Å². The second kappa shape index (κ2) is 6.92. The molecule has 0 heterocycles. The molecule has 0 aromatic heterocycles. The lowest BCUT2D eigenvalue weighted by Crippen LogP contribution is -2.41. The molecule has 1 saturated carbocycles. The molecular formula is C15H21ClN2O. The van der Waals surface area contributed by atoms with E-state index in [9.17, 15) is 4.79 Å². The van der Waals surface area contributed by atoms with Gasteiger partial charge < -0.3 is 10.6 Å².